The third-order valence-electron chi connectivity index (χ3n) is 14.2. The molecule has 0 bridgehead atoms. The van der Waals surface area contributed by atoms with Crippen LogP contribution < -0.4 is 5.32 Å². The lowest BCUT2D eigenvalue weighted by molar-refractivity contribution is -0.870. The van der Waals surface area contributed by atoms with E-state index in [2.05, 4.69) is 43.5 Å². The molecule has 1 amide bonds. The van der Waals surface area contributed by atoms with Gasteiger partial charge in [0.1, 0.15) is 13.2 Å². The van der Waals surface area contributed by atoms with Crippen LogP contribution in [0.3, 0.4) is 0 Å². The standard InChI is InChI=1S/C61H121N2O6P/c1-6-8-10-12-14-16-18-20-22-24-25-26-27-28-29-30-31-32-33-34-35-36-37-39-40-42-44-46-48-50-52-54-60(64)59(58-69-70(66,67)68-57-56-63(3,4)5)62-61(65)55-53-51-49-47-45-43-41-38-23-21-19-17-15-13-11-9-7-2/h15,17,21,23,59-60,64H,6-14,16,18-20,22,24-58H2,1-5H3,(H-,62,65,66,67)/p+1/b17-15-,23-21-. The lowest BCUT2D eigenvalue weighted by atomic mass is 10.0. The van der Waals surface area contributed by atoms with E-state index in [1.165, 1.54) is 231 Å². The van der Waals surface area contributed by atoms with Crippen molar-refractivity contribution in [3.05, 3.63) is 24.3 Å². The van der Waals surface area contributed by atoms with Crippen molar-refractivity contribution in [2.24, 2.45) is 0 Å². The normalized spacial score (nSPS) is 14.0. The smallest absolute Gasteiger partial charge is 0.391 e. The van der Waals surface area contributed by atoms with E-state index >= 15 is 0 Å². The molecule has 0 saturated carbocycles. The van der Waals surface area contributed by atoms with Gasteiger partial charge in [0.25, 0.3) is 0 Å². The van der Waals surface area contributed by atoms with E-state index in [1.54, 1.807) is 0 Å². The molecule has 0 aromatic heterocycles. The highest BCUT2D eigenvalue weighted by Crippen LogP contribution is 2.43. The van der Waals surface area contributed by atoms with Crippen LogP contribution in [0.25, 0.3) is 0 Å². The molecular formula is C61H122N2O6P+. The number of quaternary nitrogens is 1. The van der Waals surface area contributed by atoms with E-state index < -0.39 is 20.0 Å². The number of aliphatic hydroxyl groups is 1. The minimum atomic E-state index is -4.33. The maximum absolute atomic E-state index is 13.0. The highest BCUT2D eigenvalue weighted by molar-refractivity contribution is 7.47. The Morgan fingerprint density at radius 2 is 0.814 bits per heavy atom. The molecule has 0 spiro atoms. The Morgan fingerprint density at radius 3 is 1.20 bits per heavy atom. The highest BCUT2D eigenvalue weighted by Gasteiger charge is 2.28. The van der Waals surface area contributed by atoms with Crippen molar-refractivity contribution in [3.8, 4) is 0 Å². The number of amides is 1. The van der Waals surface area contributed by atoms with Crippen molar-refractivity contribution < 1.29 is 32.9 Å². The van der Waals surface area contributed by atoms with Gasteiger partial charge in [0, 0.05) is 6.42 Å². The number of carbonyl (C=O) groups is 1. The van der Waals surface area contributed by atoms with Crippen LogP contribution in [0.4, 0.5) is 0 Å². The maximum Gasteiger partial charge on any atom is 0.472 e. The van der Waals surface area contributed by atoms with Crippen LogP contribution in [0.2, 0.25) is 0 Å². The summed E-state index contributed by atoms with van der Waals surface area (Å²) in [6.45, 7) is 4.90. The number of allylic oxidation sites excluding steroid dienone is 4. The van der Waals surface area contributed by atoms with Crippen LogP contribution in [0, 0.1) is 0 Å². The quantitative estimate of drug-likeness (QED) is 0.0243. The zero-order chi connectivity index (χ0) is 51.3. The van der Waals surface area contributed by atoms with E-state index in [0.29, 0.717) is 23.9 Å². The number of hydrogen-bond donors (Lipinski definition) is 3. The van der Waals surface area contributed by atoms with Gasteiger partial charge in [-0.1, -0.05) is 282 Å². The monoisotopic (exact) mass is 1010 g/mol. The number of aliphatic hydroxyl groups excluding tert-OH is 1. The van der Waals surface area contributed by atoms with Gasteiger partial charge in [-0.15, -0.1) is 0 Å². The second-order valence-corrected chi connectivity index (χ2v) is 23.9. The molecule has 9 heteroatoms. The fourth-order valence-electron chi connectivity index (χ4n) is 9.37. The summed E-state index contributed by atoms with van der Waals surface area (Å²) in [6.07, 6.45) is 66.8. The van der Waals surface area contributed by atoms with Crippen molar-refractivity contribution >= 4 is 13.7 Å². The molecule has 0 aliphatic heterocycles. The Balaban J connectivity index is 4.03. The molecule has 70 heavy (non-hydrogen) atoms. The van der Waals surface area contributed by atoms with Crippen molar-refractivity contribution in [2.75, 3.05) is 40.9 Å². The topological polar surface area (TPSA) is 105 Å². The third kappa shape index (κ3) is 54.7. The summed E-state index contributed by atoms with van der Waals surface area (Å²) in [5.74, 6) is -0.148. The first-order valence-corrected chi connectivity index (χ1v) is 32.2. The third-order valence-corrected chi connectivity index (χ3v) is 15.2. The molecule has 0 aliphatic carbocycles. The predicted molar refractivity (Wildman–Crippen MR) is 305 cm³/mol. The van der Waals surface area contributed by atoms with Gasteiger partial charge in [0.15, 0.2) is 0 Å². The zero-order valence-electron chi connectivity index (χ0n) is 47.5. The van der Waals surface area contributed by atoms with Gasteiger partial charge in [-0.05, 0) is 44.9 Å². The summed E-state index contributed by atoms with van der Waals surface area (Å²) in [6, 6.07) is -0.764. The summed E-state index contributed by atoms with van der Waals surface area (Å²) in [7, 11) is 1.62. The Morgan fingerprint density at radius 1 is 0.486 bits per heavy atom. The van der Waals surface area contributed by atoms with Gasteiger partial charge in [-0.25, -0.2) is 4.57 Å². The molecule has 3 unspecified atom stereocenters. The predicted octanol–water partition coefficient (Wildman–Crippen LogP) is 18.8. The number of nitrogens with zero attached hydrogens (tertiary/aromatic N) is 1. The van der Waals surface area contributed by atoms with Gasteiger partial charge in [-0.2, -0.15) is 0 Å². The lowest BCUT2D eigenvalue weighted by Gasteiger charge is -2.26. The van der Waals surface area contributed by atoms with Gasteiger partial charge < -0.3 is 19.8 Å². The fraction of sp³-hybridized carbons (Fsp3) is 0.918. The largest absolute Gasteiger partial charge is 0.472 e. The summed E-state index contributed by atoms with van der Waals surface area (Å²) >= 11 is 0. The van der Waals surface area contributed by atoms with Crippen LogP contribution in [-0.2, 0) is 18.4 Å². The second-order valence-electron chi connectivity index (χ2n) is 22.4. The van der Waals surface area contributed by atoms with Crippen molar-refractivity contribution in [1.29, 1.82) is 0 Å². The molecule has 416 valence electrons. The number of nitrogens with one attached hydrogen (secondary N) is 1. The molecule has 0 aliphatic rings. The minimum absolute atomic E-state index is 0.0741. The molecular weight excluding hydrogens is 888 g/mol. The van der Waals surface area contributed by atoms with Gasteiger partial charge in [-0.3, -0.25) is 13.8 Å². The van der Waals surface area contributed by atoms with Crippen LogP contribution in [0.1, 0.15) is 309 Å². The number of hydrogen-bond acceptors (Lipinski definition) is 5. The summed E-state index contributed by atoms with van der Waals surface area (Å²) in [5, 5.41) is 14.1. The number of carbonyl (C=O) groups excluding carboxylic acids is 1. The van der Waals surface area contributed by atoms with E-state index in [0.717, 1.165) is 51.4 Å². The molecule has 0 fully saturated rings. The first kappa shape index (κ1) is 69.0. The summed E-state index contributed by atoms with van der Waals surface area (Å²) in [5.41, 5.74) is 0. The second kappa shape index (κ2) is 52.8. The number of rotatable bonds is 57. The molecule has 3 N–H and O–H groups in total. The molecule has 0 heterocycles. The highest BCUT2D eigenvalue weighted by atomic mass is 31.2. The van der Waals surface area contributed by atoms with Crippen LogP contribution in [-0.4, -0.2) is 73.4 Å². The first-order valence-electron chi connectivity index (χ1n) is 30.7. The number of likely N-dealkylation sites (N-methyl/N-ethyl adjacent to an activating group) is 1. The van der Waals surface area contributed by atoms with Gasteiger partial charge >= 0.3 is 7.82 Å². The van der Waals surface area contributed by atoms with E-state index in [4.69, 9.17) is 9.05 Å². The average Bonchev–Trinajstić information content (AvgIpc) is 3.32. The Labute approximate surface area is 436 Å². The van der Waals surface area contributed by atoms with E-state index in [9.17, 15) is 19.4 Å². The maximum atomic E-state index is 13.0. The molecule has 0 aromatic carbocycles. The van der Waals surface area contributed by atoms with Crippen LogP contribution in [0.5, 0.6) is 0 Å². The minimum Gasteiger partial charge on any atom is -0.391 e. The molecule has 8 nitrogen and oxygen atoms in total. The zero-order valence-corrected chi connectivity index (χ0v) is 48.4. The van der Waals surface area contributed by atoms with Crippen LogP contribution >= 0.6 is 7.82 Å². The van der Waals surface area contributed by atoms with Gasteiger partial charge in [0.2, 0.25) is 5.91 Å². The van der Waals surface area contributed by atoms with Gasteiger partial charge in [0.05, 0.1) is 39.9 Å². The molecule has 0 rings (SSSR count). The Bertz CT molecular complexity index is 1190. The van der Waals surface area contributed by atoms with Crippen molar-refractivity contribution in [2.45, 2.75) is 321 Å². The molecule has 0 radical (unpaired) electrons. The molecule has 0 saturated heterocycles. The van der Waals surface area contributed by atoms with E-state index in [-0.39, 0.29) is 19.1 Å². The summed E-state index contributed by atoms with van der Waals surface area (Å²) < 4.78 is 23.8. The Kier molecular flexibility index (Phi) is 52.1. The average molecular weight is 1010 g/mol. The number of unbranched alkanes of at least 4 members (excludes halogenated alkanes) is 40. The molecule has 0 aromatic rings. The van der Waals surface area contributed by atoms with Crippen molar-refractivity contribution in [1.82, 2.24) is 5.32 Å². The lowest BCUT2D eigenvalue weighted by Crippen LogP contribution is -2.46. The SMILES string of the molecule is CCCCC/C=C\C/C=C\CCCCCCCCCC(=O)NC(COP(=O)(O)OCC[N+](C)(C)C)C(O)CCCCCCCCCCCCCCCCCCCCCCCCCCCCCCCCC. The first-order chi connectivity index (χ1) is 34.0. The number of phosphoric ester groups is 1. The summed E-state index contributed by atoms with van der Waals surface area (Å²) in [4.78, 5) is 23.3. The Hall–Kier alpha value is -1.02. The van der Waals surface area contributed by atoms with E-state index in [1.807, 2.05) is 21.1 Å². The van der Waals surface area contributed by atoms with Crippen LogP contribution in [0.15, 0.2) is 24.3 Å². The van der Waals surface area contributed by atoms with Crippen molar-refractivity contribution in [3.63, 3.8) is 0 Å². The fourth-order valence-corrected chi connectivity index (χ4v) is 10.1. The number of phosphoric acid groups is 1. The molecule has 3 atom stereocenters.